The van der Waals surface area contributed by atoms with E-state index in [4.69, 9.17) is 16.7 Å². The molecule has 0 aliphatic heterocycles. The topological polar surface area (TPSA) is 65.5 Å². The summed E-state index contributed by atoms with van der Waals surface area (Å²) in [6.45, 7) is 7.92. The van der Waals surface area contributed by atoms with E-state index in [1.165, 1.54) is 12.1 Å². The van der Waals surface area contributed by atoms with Crippen molar-refractivity contribution in [1.29, 1.82) is 0 Å². The van der Waals surface area contributed by atoms with E-state index in [0.717, 1.165) is 26.1 Å². The quantitative estimate of drug-likeness (QED) is 0.719. The third-order valence-corrected chi connectivity index (χ3v) is 2.96. The molecule has 6 heteroatoms. The van der Waals surface area contributed by atoms with Crippen LogP contribution in [0.5, 0.6) is 0 Å². The molecular weight excluding hydrogens is 266 g/mol. The molecule has 0 bridgehead atoms. The van der Waals surface area contributed by atoms with Crippen molar-refractivity contribution in [3.63, 3.8) is 0 Å². The number of nitrogens with one attached hydrogen (secondary N) is 1. The van der Waals surface area contributed by atoms with Crippen molar-refractivity contribution < 1.29 is 9.90 Å². The van der Waals surface area contributed by atoms with Gasteiger partial charge in [0.1, 0.15) is 11.0 Å². The van der Waals surface area contributed by atoms with Gasteiger partial charge in [-0.15, -0.1) is 0 Å². The SMILES string of the molecule is CCCN(CC)CCNc1cc(C(=O)O)cc(Cl)n1. The summed E-state index contributed by atoms with van der Waals surface area (Å²) < 4.78 is 0. The van der Waals surface area contributed by atoms with Gasteiger partial charge >= 0.3 is 5.97 Å². The number of carboxylic acid groups (broad SMARTS) is 1. The van der Waals surface area contributed by atoms with Crippen LogP contribution in [0.2, 0.25) is 5.15 Å². The van der Waals surface area contributed by atoms with Crippen LogP contribution in [0, 0.1) is 0 Å². The zero-order valence-corrected chi connectivity index (χ0v) is 12.1. The Morgan fingerprint density at radius 3 is 2.74 bits per heavy atom. The first-order valence-electron chi connectivity index (χ1n) is 6.44. The molecule has 0 saturated heterocycles. The lowest BCUT2D eigenvalue weighted by atomic mass is 10.2. The van der Waals surface area contributed by atoms with Gasteiger partial charge in [-0.05, 0) is 31.6 Å². The van der Waals surface area contributed by atoms with E-state index in [1.807, 2.05) is 0 Å². The van der Waals surface area contributed by atoms with Crippen molar-refractivity contribution in [3.8, 4) is 0 Å². The van der Waals surface area contributed by atoms with Crippen LogP contribution in [-0.4, -0.2) is 47.1 Å². The summed E-state index contributed by atoms with van der Waals surface area (Å²) >= 11 is 5.79. The van der Waals surface area contributed by atoms with Gasteiger partial charge in [-0.25, -0.2) is 9.78 Å². The number of nitrogens with zero attached hydrogens (tertiary/aromatic N) is 2. The summed E-state index contributed by atoms with van der Waals surface area (Å²) in [6, 6.07) is 2.83. The fourth-order valence-corrected chi connectivity index (χ4v) is 2.01. The van der Waals surface area contributed by atoms with Crippen LogP contribution in [0.4, 0.5) is 5.82 Å². The number of pyridine rings is 1. The van der Waals surface area contributed by atoms with E-state index >= 15 is 0 Å². The molecular formula is C13H20ClN3O2. The number of halogens is 1. The Bertz CT molecular complexity index is 426. The first-order chi connectivity index (χ1) is 9.06. The molecule has 1 rings (SSSR count). The molecule has 106 valence electrons. The average molecular weight is 286 g/mol. The number of hydrogen-bond donors (Lipinski definition) is 2. The number of carbonyl (C=O) groups is 1. The molecule has 1 aromatic rings. The molecule has 0 aliphatic rings. The molecule has 5 nitrogen and oxygen atoms in total. The highest BCUT2D eigenvalue weighted by molar-refractivity contribution is 6.29. The van der Waals surface area contributed by atoms with Gasteiger partial charge in [-0.1, -0.05) is 25.4 Å². The lowest BCUT2D eigenvalue weighted by molar-refractivity contribution is 0.0697. The van der Waals surface area contributed by atoms with E-state index in [0.29, 0.717) is 12.4 Å². The number of anilines is 1. The van der Waals surface area contributed by atoms with Gasteiger partial charge in [0.05, 0.1) is 5.56 Å². The Balaban J connectivity index is 2.55. The highest BCUT2D eigenvalue weighted by atomic mass is 35.5. The molecule has 0 radical (unpaired) electrons. The van der Waals surface area contributed by atoms with Gasteiger partial charge < -0.3 is 15.3 Å². The van der Waals surface area contributed by atoms with E-state index < -0.39 is 5.97 Å². The Kier molecular flexibility index (Phi) is 6.59. The standard InChI is InChI=1S/C13H20ClN3O2/c1-3-6-17(4-2)7-5-15-12-9-10(13(18)19)8-11(14)16-12/h8-9H,3-7H2,1-2H3,(H,15,16)(H,18,19). The van der Waals surface area contributed by atoms with E-state index in [-0.39, 0.29) is 10.7 Å². The minimum Gasteiger partial charge on any atom is -0.478 e. The summed E-state index contributed by atoms with van der Waals surface area (Å²) in [7, 11) is 0. The number of carboxylic acids is 1. The van der Waals surface area contributed by atoms with Crippen molar-refractivity contribution in [2.45, 2.75) is 20.3 Å². The van der Waals surface area contributed by atoms with Crippen LogP contribution in [0.15, 0.2) is 12.1 Å². The largest absolute Gasteiger partial charge is 0.478 e. The maximum Gasteiger partial charge on any atom is 0.335 e. The molecule has 0 unspecified atom stereocenters. The van der Waals surface area contributed by atoms with Gasteiger partial charge in [-0.2, -0.15) is 0 Å². The van der Waals surface area contributed by atoms with Crippen LogP contribution in [-0.2, 0) is 0 Å². The van der Waals surface area contributed by atoms with Crippen LogP contribution in [0.1, 0.15) is 30.6 Å². The number of rotatable bonds is 8. The highest BCUT2D eigenvalue weighted by Gasteiger charge is 2.07. The first kappa shape index (κ1) is 15.7. The Labute approximate surface area is 118 Å². The molecule has 0 spiro atoms. The monoisotopic (exact) mass is 285 g/mol. The summed E-state index contributed by atoms with van der Waals surface area (Å²) in [5, 5.41) is 12.2. The highest BCUT2D eigenvalue weighted by Crippen LogP contribution is 2.14. The van der Waals surface area contributed by atoms with Crippen molar-refractivity contribution in [2.75, 3.05) is 31.5 Å². The normalized spacial score (nSPS) is 10.7. The zero-order valence-electron chi connectivity index (χ0n) is 11.3. The lowest BCUT2D eigenvalue weighted by Gasteiger charge is -2.19. The first-order valence-corrected chi connectivity index (χ1v) is 6.81. The predicted octanol–water partition coefficient (Wildman–Crippen LogP) is 2.58. The Hall–Kier alpha value is -1.33. The molecule has 19 heavy (non-hydrogen) atoms. The Morgan fingerprint density at radius 2 is 2.16 bits per heavy atom. The third kappa shape index (κ3) is 5.44. The van der Waals surface area contributed by atoms with Crippen LogP contribution >= 0.6 is 11.6 Å². The van der Waals surface area contributed by atoms with Gasteiger partial charge in [0.15, 0.2) is 0 Å². The second kappa shape index (κ2) is 7.96. The summed E-state index contributed by atoms with van der Waals surface area (Å²) in [6.07, 6.45) is 1.12. The van der Waals surface area contributed by atoms with Gasteiger partial charge in [-0.3, -0.25) is 0 Å². The van der Waals surface area contributed by atoms with Gasteiger partial charge in [0.2, 0.25) is 0 Å². The molecule has 0 atom stereocenters. The van der Waals surface area contributed by atoms with Crippen LogP contribution in [0.3, 0.4) is 0 Å². The number of aromatic carboxylic acids is 1. The van der Waals surface area contributed by atoms with Crippen LogP contribution in [0.25, 0.3) is 0 Å². The van der Waals surface area contributed by atoms with Gasteiger partial charge in [0, 0.05) is 13.1 Å². The molecule has 0 fully saturated rings. The van der Waals surface area contributed by atoms with E-state index in [1.54, 1.807) is 0 Å². The molecule has 0 aromatic carbocycles. The van der Waals surface area contributed by atoms with E-state index in [9.17, 15) is 4.79 Å². The zero-order chi connectivity index (χ0) is 14.3. The number of likely N-dealkylation sites (N-methyl/N-ethyl adjacent to an activating group) is 1. The fourth-order valence-electron chi connectivity index (χ4n) is 1.80. The van der Waals surface area contributed by atoms with Crippen molar-refractivity contribution in [3.05, 3.63) is 22.8 Å². The molecule has 2 N–H and O–H groups in total. The molecule has 1 heterocycles. The minimum absolute atomic E-state index is 0.142. The lowest BCUT2D eigenvalue weighted by Crippen LogP contribution is -2.29. The van der Waals surface area contributed by atoms with E-state index in [2.05, 4.69) is 29.0 Å². The number of aromatic nitrogens is 1. The molecule has 0 aliphatic carbocycles. The average Bonchev–Trinajstić information content (AvgIpc) is 2.37. The minimum atomic E-state index is -1.01. The van der Waals surface area contributed by atoms with Crippen molar-refractivity contribution in [1.82, 2.24) is 9.88 Å². The predicted molar refractivity (Wildman–Crippen MR) is 77.1 cm³/mol. The maximum atomic E-state index is 10.9. The maximum absolute atomic E-state index is 10.9. The van der Waals surface area contributed by atoms with Crippen LogP contribution < -0.4 is 5.32 Å². The second-order valence-electron chi connectivity index (χ2n) is 4.23. The third-order valence-electron chi connectivity index (χ3n) is 2.76. The Morgan fingerprint density at radius 1 is 1.42 bits per heavy atom. The molecule has 0 amide bonds. The fraction of sp³-hybridized carbons (Fsp3) is 0.538. The van der Waals surface area contributed by atoms with Crippen molar-refractivity contribution in [2.24, 2.45) is 0 Å². The summed E-state index contributed by atoms with van der Waals surface area (Å²) in [5.41, 5.74) is 0.142. The van der Waals surface area contributed by atoms with Crippen molar-refractivity contribution >= 4 is 23.4 Å². The number of hydrogen-bond acceptors (Lipinski definition) is 4. The smallest absolute Gasteiger partial charge is 0.335 e. The second-order valence-corrected chi connectivity index (χ2v) is 4.62. The summed E-state index contributed by atoms with van der Waals surface area (Å²) in [4.78, 5) is 17.3. The summed E-state index contributed by atoms with van der Waals surface area (Å²) in [5.74, 6) is -0.508. The molecule has 0 saturated carbocycles. The molecule has 1 aromatic heterocycles. The van der Waals surface area contributed by atoms with Gasteiger partial charge in [0.25, 0.3) is 0 Å².